The van der Waals surface area contributed by atoms with E-state index >= 15 is 0 Å². The zero-order valence-electron chi connectivity index (χ0n) is 20.2. The first kappa shape index (κ1) is 21.5. The Hall–Kier alpha value is -3.32. The van der Waals surface area contributed by atoms with Crippen LogP contribution in [0.3, 0.4) is 0 Å². The zero-order chi connectivity index (χ0) is 23.2. The van der Waals surface area contributed by atoms with Crippen molar-refractivity contribution in [1.82, 2.24) is 0 Å². The van der Waals surface area contributed by atoms with Crippen molar-refractivity contribution in [3.8, 4) is 16.9 Å². The Labute approximate surface area is 198 Å². The maximum atomic E-state index is 6.14. The lowest BCUT2D eigenvalue weighted by molar-refractivity contribution is 0.131. The molecule has 0 radical (unpaired) electrons. The highest BCUT2D eigenvalue weighted by atomic mass is 16.5. The van der Waals surface area contributed by atoms with Gasteiger partial charge < -0.3 is 4.74 Å². The summed E-state index contributed by atoms with van der Waals surface area (Å²) in [4.78, 5) is 0. The van der Waals surface area contributed by atoms with E-state index in [1.807, 2.05) is 0 Å². The second-order valence-electron chi connectivity index (χ2n) is 10.4. The topological polar surface area (TPSA) is 9.23 Å². The van der Waals surface area contributed by atoms with Gasteiger partial charge in [-0.3, -0.25) is 0 Å². The summed E-state index contributed by atoms with van der Waals surface area (Å²) in [5, 5.41) is 0. The molecule has 0 heterocycles. The van der Waals surface area contributed by atoms with E-state index in [9.17, 15) is 0 Å². The van der Waals surface area contributed by atoms with E-state index in [-0.39, 0.29) is 11.0 Å². The Morgan fingerprint density at radius 3 is 1.52 bits per heavy atom. The minimum absolute atomic E-state index is 0.224. The molecule has 1 aliphatic carbocycles. The highest BCUT2D eigenvalue weighted by Gasteiger charge is 2.45. The van der Waals surface area contributed by atoms with Crippen molar-refractivity contribution in [2.24, 2.45) is 0 Å². The minimum atomic E-state index is -0.358. The molecule has 1 heteroatoms. The fraction of sp³-hybridized carbons (Fsp3) is 0.250. The summed E-state index contributed by atoms with van der Waals surface area (Å²) in [6, 6.07) is 35.7. The highest BCUT2D eigenvalue weighted by Crippen LogP contribution is 2.56. The molecule has 0 unspecified atom stereocenters. The van der Waals surface area contributed by atoms with Gasteiger partial charge in [0.2, 0.25) is 0 Å². The molecule has 0 aliphatic heterocycles. The highest BCUT2D eigenvalue weighted by molar-refractivity contribution is 5.86. The van der Waals surface area contributed by atoms with Crippen molar-refractivity contribution >= 4 is 0 Å². The Morgan fingerprint density at radius 1 is 0.606 bits per heavy atom. The average Bonchev–Trinajstić information content (AvgIpc) is 3.10. The molecule has 0 saturated carbocycles. The number of hydrogen-bond donors (Lipinski definition) is 0. The molecule has 1 aliphatic rings. The number of rotatable bonds is 4. The van der Waals surface area contributed by atoms with Gasteiger partial charge >= 0.3 is 0 Å². The van der Waals surface area contributed by atoms with E-state index in [4.69, 9.17) is 4.74 Å². The van der Waals surface area contributed by atoms with E-state index in [1.54, 1.807) is 0 Å². The summed E-state index contributed by atoms with van der Waals surface area (Å²) in [5.74, 6) is 1.41. The lowest BCUT2D eigenvalue weighted by Crippen LogP contribution is -2.28. The molecule has 0 N–H and O–H groups in total. The molecule has 4 aromatic carbocycles. The third-order valence-electron chi connectivity index (χ3n) is 6.67. The van der Waals surface area contributed by atoms with E-state index in [1.165, 1.54) is 38.9 Å². The van der Waals surface area contributed by atoms with Crippen molar-refractivity contribution in [1.29, 1.82) is 0 Å². The van der Waals surface area contributed by atoms with Gasteiger partial charge in [0.15, 0.2) is 0 Å². The van der Waals surface area contributed by atoms with Crippen LogP contribution in [0.2, 0.25) is 0 Å². The predicted molar refractivity (Wildman–Crippen MR) is 138 cm³/mol. The van der Waals surface area contributed by atoms with Gasteiger partial charge in [-0.25, -0.2) is 0 Å². The summed E-state index contributed by atoms with van der Waals surface area (Å²) < 4.78 is 6.14. The fourth-order valence-electron chi connectivity index (χ4n) is 5.27. The largest absolute Gasteiger partial charge is 0.488 e. The normalized spacial score (nSPS) is 14.1. The second kappa shape index (κ2) is 7.92. The first-order chi connectivity index (χ1) is 15.8. The van der Waals surface area contributed by atoms with Crippen LogP contribution in [-0.2, 0) is 5.41 Å². The van der Waals surface area contributed by atoms with Gasteiger partial charge in [0.05, 0.1) is 5.41 Å². The van der Waals surface area contributed by atoms with Crippen molar-refractivity contribution in [2.75, 3.05) is 0 Å². The molecular weight excluding hydrogens is 400 g/mol. The molecule has 0 aromatic heterocycles. The van der Waals surface area contributed by atoms with Crippen molar-refractivity contribution in [2.45, 2.75) is 51.6 Å². The first-order valence-electron chi connectivity index (χ1n) is 11.9. The van der Waals surface area contributed by atoms with Crippen LogP contribution >= 0.6 is 0 Å². The van der Waals surface area contributed by atoms with Crippen LogP contribution in [0.1, 0.15) is 68.4 Å². The van der Waals surface area contributed by atoms with Crippen LogP contribution in [0, 0.1) is 0 Å². The van der Waals surface area contributed by atoms with Gasteiger partial charge in [-0.2, -0.15) is 0 Å². The Bertz CT molecular complexity index is 1230. The molecule has 0 atom stereocenters. The van der Waals surface area contributed by atoms with Gasteiger partial charge in [0, 0.05) is 0 Å². The van der Waals surface area contributed by atoms with Crippen LogP contribution in [0.4, 0.5) is 0 Å². The quantitative estimate of drug-likeness (QED) is 0.277. The Balaban J connectivity index is 1.78. The van der Waals surface area contributed by atoms with Crippen LogP contribution in [0.15, 0.2) is 97.1 Å². The monoisotopic (exact) mass is 432 g/mol. The summed E-state index contributed by atoms with van der Waals surface area (Å²) in [5.41, 5.74) is 8.66. The minimum Gasteiger partial charge on any atom is -0.488 e. The van der Waals surface area contributed by atoms with E-state index in [0.29, 0.717) is 5.92 Å². The first-order valence-corrected chi connectivity index (χ1v) is 11.9. The molecule has 0 spiro atoms. The van der Waals surface area contributed by atoms with Gasteiger partial charge in [0.25, 0.3) is 0 Å². The average molecular weight is 433 g/mol. The van der Waals surface area contributed by atoms with Gasteiger partial charge in [-0.05, 0) is 77.8 Å². The lowest BCUT2D eigenvalue weighted by Gasteiger charge is -2.34. The van der Waals surface area contributed by atoms with Gasteiger partial charge in [0.1, 0.15) is 11.4 Å². The zero-order valence-corrected chi connectivity index (χ0v) is 20.2. The maximum absolute atomic E-state index is 6.14. The molecule has 0 amide bonds. The molecule has 0 saturated heterocycles. The van der Waals surface area contributed by atoms with Crippen LogP contribution in [0.5, 0.6) is 5.75 Å². The van der Waals surface area contributed by atoms with Crippen molar-refractivity contribution < 1.29 is 4.74 Å². The SMILES string of the molecule is CC(C)c1ccc(C2(c3ccc(OC(C)(C)C)cc3)c3ccccc3-c3ccccc32)cc1. The molecule has 166 valence electrons. The number of benzene rings is 4. The van der Waals surface area contributed by atoms with E-state index in [2.05, 4.69) is 132 Å². The fourth-order valence-corrected chi connectivity index (χ4v) is 5.27. The summed E-state index contributed by atoms with van der Waals surface area (Å²) in [6.07, 6.45) is 0. The molecule has 1 nitrogen and oxygen atoms in total. The van der Waals surface area contributed by atoms with Gasteiger partial charge in [-0.1, -0.05) is 98.8 Å². The Morgan fingerprint density at radius 2 is 1.06 bits per heavy atom. The predicted octanol–water partition coefficient (Wildman–Crippen LogP) is 8.35. The number of fused-ring (bicyclic) bond motifs is 3. The van der Waals surface area contributed by atoms with E-state index < -0.39 is 0 Å². The molecule has 0 bridgehead atoms. The third kappa shape index (κ3) is 3.56. The second-order valence-corrected chi connectivity index (χ2v) is 10.4. The number of ether oxygens (including phenoxy) is 1. The van der Waals surface area contributed by atoms with Crippen LogP contribution in [-0.4, -0.2) is 5.60 Å². The van der Waals surface area contributed by atoms with Crippen molar-refractivity contribution in [3.63, 3.8) is 0 Å². The van der Waals surface area contributed by atoms with E-state index in [0.717, 1.165) is 5.75 Å². The molecular formula is C32H32O. The molecule has 4 aromatic rings. The van der Waals surface area contributed by atoms with Gasteiger partial charge in [-0.15, -0.1) is 0 Å². The summed E-state index contributed by atoms with van der Waals surface area (Å²) >= 11 is 0. The number of hydrogen-bond acceptors (Lipinski definition) is 1. The lowest BCUT2D eigenvalue weighted by atomic mass is 9.67. The standard InChI is InChI=1S/C32H32O/c1-22(2)23-14-16-24(17-15-23)32(25-18-20-26(21-19-25)33-31(3,4)5)29-12-8-6-10-27(29)28-11-7-9-13-30(28)32/h6-22H,1-5H3. The maximum Gasteiger partial charge on any atom is 0.120 e. The van der Waals surface area contributed by atoms with Crippen molar-refractivity contribution in [3.05, 3.63) is 125 Å². The Kier molecular flexibility index (Phi) is 5.16. The van der Waals surface area contributed by atoms with Crippen LogP contribution < -0.4 is 4.74 Å². The molecule has 0 fully saturated rings. The smallest absolute Gasteiger partial charge is 0.120 e. The molecule has 33 heavy (non-hydrogen) atoms. The summed E-state index contributed by atoms with van der Waals surface area (Å²) in [6.45, 7) is 10.8. The molecule has 5 rings (SSSR count). The van der Waals surface area contributed by atoms with Crippen LogP contribution in [0.25, 0.3) is 11.1 Å². The summed E-state index contributed by atoms with van der Waals surface area (Å²) in [7, 11) is 0. The third-order valence-corrected chi connectivity index (χ3v) is 6.67.